The number of aryl methyl sites for hydroxylation is 1. The zero-order chi connectivity index (χ0) is 25.8. The quantitative estimate of drug-likeness (QED) is 0.170. The van der Waals surface area contributed by atoms with Crippen LogP contribution in [-0.4, -0.2) is 38.4 Å². The minimum Gasteiger partial charge on any atom is -0.494 e. The molecule has 0 aliphatic carbocycles. The van der Waals surface area contributed by atoms with Crippen LogP contribution >= 0.6 is 0 Å². The maximum atomic E-state index is 12.5. The smallest absolute Gasteiger partial charge is 0.343 e. The number of esters is 1. The number of nitrogens with zero attached hydrogens (tertiary/aromatic N) is 1. The summed E-state index contributed by atoms with van der Waals surface area (Å²) in [6, 6.07) is 19.2. The van der Waals surface area contributed by atoms with Crippen LogP contribution in [-0.2, 0) is 11.2 Å². The van der Waals surface area contributed by atoms with Gasteiger partial charge in [0.2, 0.25) is 0 Å². The van der Waals surface area contributed by atoms with Gasteiger partial charge in [0.05, 0.1) is 25.5 Å². The summed E-state index contributed by atoms with van der Waals surface area (Å²) in [6.45, 7) is 4.55. The zero-order valence-corrected chi connectivity index (χ0v) is 20.7. The Morgan fingerprint density at radius 3 is 2.25 bits per heavy atom. The van der Waals surface area contributed by atoms with Gasteiger partial charge in [0.1, 0.15) is 11.5 Å². The van der Waals surface area contributed by atoms with Gasteiger partial charge in [0.15, 0.2) is 18.1 Å². The summed E-state index contributed by atoms with van der Waals surface area (Å²) < 4.78 is 21.8. The summed E-state index contributed by atoms with van der Waals surface area (Å²) in [5.74, 6) is 1.00. The third kappa shape index (κ3) is 7.87. The van der Waals surface area contributed by atoms with Crippen molar-refractivity contribution in [3.63, 3.8) is 0 Å². The monoisotopic (exact) mass is 490 g/mol. The number of ether oxygens (including phenoxy) is 4. The Balaban J connectivity index is 1.53. The van der Waals surface area contributed by atoms with Crippen LogP contribution in [0.4, 0.5) is 0 Å². The summed E-state index contributed by atoms with van der Waals surface area (Å²) in [6.07, 6.45) is 3.29. The number of amides is 1. The van der Waals surface area contributed by atoms with Crippen molar-refractivity contribution in [3.8, 4) is 23.0 Å². The van der Waals surface area contributed by atoms with Gasteiger partial charge in [-0.3, -0.25) is 4.79 Å². The standard InChI is InChI=1S/C28H30N2O6/c1-4-16-34-23-13-9-22(10-14-23)28(32)36-25-15-8-21(17-26(25)33-3)18-29-30-27(31)19-35-24-11-6-20(5-2)7-12-24/h6-15,17-18H,4-5,16,19H2,1-3H3,(H,30,31)/b29-18+. The molecule has 8 nitrogen and oxygen atoms in total. The number of hydrogen-bond donors (Lipinski definition) is 1. The molecule has 0 saturated carbocycles. The summed E-state index contributed by atoms with van der Waals surface area (Å²) in [4.78, 5) is 24.5. The number of rotatable bonds is 12. The van der Waals surface area contributed by atoms with Crippen molar-refractivity contribution in [2.45, 2.75) is 26.7 Å². The zero-order valence-electron chi connectivity index (χ0n) is 20.7. The van der Waals surface area contributed by atoms with E-state index in [0.29, 0.717) is 35.0 Å². The highest BCUT2D eigenvalue weighted by Gasteiger charge is 2.13. The van der Waals surface area contributed by atoms with Gasteiger partial charge in [-0.15, -0.1) is 0 Å². The SMILES string of the molecule is CCCOc1ccc(C(=O)Oc2ccc(/C=N/NC(=O)COc3ccc(CC)cc3)cc2OC)cc1. The van der Waals surface area contributed by atoms with Crippen molar-refractivity contribution in [1.29, 1.82) is 0 Å². The molecule has 1 amide bonds. The van der Waals surface area contributed by atoms with Gasteiger partial charge in [0.25, 0.3) is 5.91 Å². The second-order valence-corrected chi connectivity index (χ2v) is 7.75. The average Bonchev–Trinajstić information content (AvgIpc) is 2.92. The van der Waals surface area contributed by atoms with Gasteiger partial charge in [-0.2, -0.15) is 5.10 Å². The van der Waals surface area contributed by atoms with Crippen molar-refractivity contribution in [3.05, 3.63) is 83.4 Å². The number of hydrazone groups is 1. The van der Waals surface area contributed by atoms with E-state index in [4.69, 9.17) is 18.9 Å². The van der Waals surface area contributed by atoms with E-state index in [1.165, 1.54) is 18.9 Å². The molecular weight excluding hydrogens is 460 g/mol. The van der Waals surface area contributed by atoms with Crippen LogP contribution in [0.1, 0.15) is 41.8 Å². The second-order valence-electron chi connectivity index (χ2n) is 7.75. The number of carbonyl (C=O) groups is 2. The molecule has 0 fully saturated rings. The number of benzene rings is 3. The van der Waals surface area contributed by atoms with Gasteiger partial charge in [0, 0.05) is 0 Å². The Bertz CT molecular complexity index is 1170. The largest absolute Gasteiger partial charge is 0.494 e. The fourth-order valence-electron chi connectivity index (χ4n) is 3.10. The van der Waals surface area contributed by atoms with Crippen molar-refractivity contribution in [2.24, 2.45) is 5.10 Å². The summed E-state index contributed by atoms with van der Waals surface area (Å²) in [5, 5.41) is 3.94. The Hall–Kier alpha value is -4.33. The van der Waals surface area contributed by atoms with Crippen LogP contribution in [0.3, 0.4) is 0 Å². The third-order valence-corrected chi connectivity index (χ3v) is 5.06. The van der Waals surface area contributed by atoms with Crippen LogP contribution in [0.2, 0.25) is 0 Å². The molecule has 0 atom stereocenters. The fourth-order valence-corrected chi connectivity index (χ4v) is 3.10. The molecule has 3 aromatic carbocycles. The predicted octanol–water partition coefficient (Wildman–Crippen LogP) is 4.79. The molecule has 3 rings (SSSR count). The Morgan fingerprint density at radius 2 is 1.58 bits per heavy atom. The van der Waals surface area contributed by atoms with Gasteiger partial charge in [-0.1, -0.05) is 26.0 Å². The molecule has 0 saturated heterocycles. The summed E-state index contributed by atoms with van der Waals surface area (Å²) in [7, 11) is 1.47. The lowest BCUT2D eigenvalue weighted by atomic mass is 10.2. The molecule has 0 bridgehead atoms. The molecule has 0 aromatic heterocycles. The first kappa shape index (κ1) is 26.3. The Kier molecular flexibility index (Phi) is 9.88. The van der Waals surface area contributed by atoms with E-state index < -0.39 is 11.9 Å². The van der Waals surface area contributed by atoms with E-state index in [1.54, 1.807) is 42.5 Å². The van der Waals surface area contributed by atoms with Crippen molar-refractivity contribution in [1.82, 2.24) is 5.43 Å². The Labute approximate surface area is 210 Å². The lowest BCUT2D eigenvalue weighted by molar-refractivity contribution is -0.123. The van der Waals surface area contributed by atoms with Crippen LogP contribution in [0.25, 0.3) is 0 Å². The topological polar surface area (TPSA) is 95.5 Å². The van der Waals surface area contributed by atoms with Crippen molar-refractivity contribution < 1.29 is 28.5 Å². The normalized spacial score (nSPS) is 10.6. The number of hydrogen-bond acceptors (Lipinski definition) is 7. The van der Waals surface area contributed by atoms with E-state index in [9.17, 15) is 9.59 Å². The van der Waals surface area contributed by atoms with E-state index >= 15 is 0 Å². The molecule has 188 valence electrons. The van der Waals surface area contributed by atoms with Crippen molar-refractivity contribution >= 4 is 18.1 Å². The van der Waals surface area contributed by atoms with E-state index in [2.05, 4.69) is 17.5 Å². The first-order valence-corrected chi connectivity index (χ1v) is 11.7. The van der Waals surface area contributed by atoms with Gasteiger partial charge in [-0.25, -0.2) is 10.2 Å². The molecule has 3 aromatic rings. The highest BCUT2D eigenvalue weighted by molar-refractivity contribution is 5.92. The van der Waals surface area contributed by atoms with Crippen LogP contribution in [0, 0.1) is 0 Å². The minimum absolute atomic E-state index is 0.160. The molecule has 0 heterocycles. The first-order chi connectivity index (χ1) is 17.5. The highest BCUT2D eigenvalue weighted by atomic mass is 16.6. The number of nitrogens with one attached hydrogen (secondary N) is 1. The van der Waals surface area contributed by atoms with Crippen LogP contribution < -0.4 is 24.4 Å². The maximum absolute atomic E-state index is 12.5. The molecule has 8 heteroatoms. The molecule has 0 radical (unpaired) electrons. The summed E-state index contributed by atoms with van der Waals surface area (Å²) in [5.41, 5.74) is 4.64. The lowest BCUT2D eigenvalue weighted by Gasteiger charge is -2.10. The first-order valence-electron chi connectivity index (χ1n) is 11.7. The van der Waals surface area contributed by atoms with Crippen LogP contribution in [0.5, 0.6) is 23.0 Å². The summed E-state index contributed by atoms with van der Waals surface area (Å²) >= 11 is 0. The van der Waals surface area contributed by atoms with Crippen molar-refractivity contribution in [2.75, 3.05) is 20.3 Å². The van der Waals surface area contributed by atoms with Gasteiger partial charge in [-0.05, 0) is 78.6 Å². The molecule has 0 aliphatic heterocycles. The van der Waals surface area contributed by atoms with E-state index in [-0.39, 0.29) is 12.4 Å². The second kappa shape index (κ2) is 13.5. The lowest BCUT2D eigenvalue weighted by Crippen LogP contribution is -2.24. The predicted molar refractivity (Wildman–Crippen MR) is 137 cm³/mol. The molecule has 0 spiro atoms. The molecular formula is C28H30N2O6. The van der Waals surface area contributed by atoms with E-state index in [1.807, 2.05) is 31.2 Å². The van der Waals surface area contributed by atoms with E-state index in [0.717, 1.165) is 12.8 Å². The van der Waals surface area contributed by atoms with Crippen LogP contribution in [0.15, 0.2) is 71.8 Å². The fraction of sp³-hybridized carbons (Fsp3) is 0.250. The number of methoxy groups -OCH3 is 1. The van der Waals surface area contributed by atoms with Gasteiger partial charge < -0.3 is 18.9 Å². The minimum atomic E-state index is -0.520. The molecule has 0 aliphatic rings. The average molecular weight is 491 g/mol. The molecule has 0 unspecified atom stereocenters. The maximum Gasteiger partial charge on any atom is 0.343 e. The highest BCUT2D eigenvalue weighted by Crippen LogP contribution is 2.28. The molecule has 36 heavy (non-hydrogen) atoms. The number of carbonyl (C=O) groups excluding carboxylic acids is 2. The Morgan fingerprint density at radius 1 is 0.889 bits per heavy atom. The van der Waals surface area contributed by atoms with Gasteiger partial charge >= 0.3 is 5.97 Å². The molecule has 1 N–H and O–H groups in total. The third-order valence-electron chi connectivity index (χ3n) is 5.06.